The molecule has 9 heteroatoms. The highest BCUT2D eigenvalue weighted by atomic mass is 35.5. The molecule has 3 aromatic rings. The van der Waals surface area contributed by atoms with Gasteiger partial charge in [0.1, 0.15) is 5.82 Å². The number of anilines is 1. The first-order valence-corrected chi connectivity index (χ1v) is 12.5. The summed E-state index contributed by atoms with van der Waals surface area (Å²) in [6.07, 6.45) is 9.31. The van der Waals surface area contributed by atoms with Gasteiger partial charge in [0.25, 0.3) is 5.91 Å². The molecule has 8 nitrogen and oxygen atoms in total. The average Bonchev–Trinajstić information content (AvgIpc) is 3.24. The molecule has 1 saturated heterocycles. The molecule has 34 heavy (non-hydrogen) atoms. The van der Waals surface area contributed by atoms with Gasteiger partial charge in [0.05, 0.1) is 16.1 Å². The Labute approximate surface area is 204 Å². The van der Waals surface area contributed by atoms with Gasteiger partial charge >= 0.3 is 0 Å². The number of rotatable bonds is 5. The smallest absolute Gasteiger partial charge is 0.253 e. The highest BCUT2D eigenvalue weighted by molar-refractivity contribution is 6.37. The molecule has 1 amide bonds. The molecule has 180 valence electrons. The quantitative estimate of drug-likeness (QED) is 0.516. The number of hydrogen-bond donors (Lipinski definition) is 3. The van der Waals surface area contributed by atoms with Crippen molar-refractivity contribution in [2.24, 2.45) is 0 Å². The summed E-state index contributed by atoms with van der Waals surface area (Å²) in [6.45, 7) is 5.88. The van der Waals surface area contributed by atoms with Crippen LogP contribution in [0.25, 0.3) is 16.7 Å². The van der Waals surface area contributed by atoms with Crippen LogP contribution in [0.3, 0.4) is 0 Å². The lowest BCUT2D eigenvalue weighted by molar-refractivity contribution is 0.0273. The Morgan fingerprint density at radius 3 is 2.88 bits per heavy atom. The Kier molecular flexibility index (Phi) is 6.46. The number of nitrogens with zero attached hydrogens (tertiary/aromatic N) is 4. The summed E-state index contributed by atoms with van der Waals surface area (Å²) in [5.74, 6) is 0.654. The third-order valence-corrected chi connectivity index (χ3v) is 7.65. The van der Waals surface area contributed by atoms with Crippen molar-refractivity contribution in [3.05, 3.63) is 47.2 Å². The first-order valence-electron chi connectivity index (χ1n) is 12.1. The van der Waals surface area contributed by atoms with Crippen LogP contribution in [0, 0.1) is 0 Å². The monoisotopic (exact) mass is 481 g/mol. The van der Waals surface area contributed by atoms with E-state index in [2.05, 4.69) is 32.4 Å². The van der Waals surface area contributed by atoms with E-state index in [9.17, 15) is 4.79 Å². The number of amides is 1. The number of fused-ring (bicyclic) bond motifs is 1. The summed E-state index contributed by atoms with van der Waals surface area (Å²) in [7, 11) is 0. The lowest BCUT2D eigenvalue weighted by Crippen LogP contribution is -2.63. The predicted molar refractivity (Wildman–Crippen MR) is 135 cm³/mol. The van der Waals surface area contributed by atoms with Crippen LogP contribution in [0.5, 0.6) is 0 Å². The van der Waals surface area contributed by atoms with Gasteiger partial charge < -0.3 is 20.9 Å². The molecule has 0 bridgehead atoms. The molecule has 0 radical (unpaired) electrons. The van der Waals surface area contributed by atoms with E-state index in [0.29, 0.717) is 34.4 Å². The van der Waals surface area contributed by atoms with E-state index < -0.39 is 0 Å². The zero-order valence-electron chi connectivity index (χ0n) is 19.6. The summed E-state index contributed by atoms with van der Waals surface area (Å²) < 4.78 is 1.85. The number of nitrogen functional groups attached to an aromatic ring is 1. The fraction of sp³-hybridized carbons (Fsp3) is 0.480. The van der Waals surface area contributed by atoms with Crippen LogP contribution in [0.4, 0.5) is 5.95 Å². The second-order valence-electron chi connectivity index (χ2n) is 9.59. The highest BCUT2D eigenvalue weighted by Crippen LogP contribution is 2.35. The van der Waals surface area contributed by atoms with Crippen molar-refractivity contribution >= 4 is 34.4 Å². The second-order valence-corrected chi connectivity index (χ2v) is 10.00. The van der Waals surface area contributed by atoms with Gasteiger partial charge in [-0.05, 0) is 38.0 Å². The largest absolute Gasteiger partial charge is 0.368 e. The molecular formula is C25H32ClN7O. The molecule has 4 N–H and O–H groups in total. The predicted octanol–water partition coefficient (Wildman–Crippen LogP) is 3.38. The van der Waals surface area contributed by atoms with Gasteiger partial charge in [0.2, 0.25) is 5.95 Å². The minimum absolute atomic E-state index is 0.00748. The molecule has 1 aliphatic carbocycles. The van der Waals surface area contributed by atoms with Crippen LogP contribution in [-0.4, -0.2) is 63.1 Å². The first-order chi connectivity index (χ1) is 16.5. The van der Waals surface area contributed by atoms with Crippen LogP contribution in [-0.2, 0) is 0 Å². The molecule has 1 aromatic carbocycles. The van der Waals surface area contributed by atoms with Gasteiger partial charge in [-0.15, -0.1) is 0 Å². The molecule has 1 aliphatic heterocycles. The Morgan fingerprint density at radius 1 is 1.29 bits per heavy atom. The molecule has 2 aliphatic rings. The number of piperazine rings is 1. The third kappa shape index (κ3) is 4.37. The molecule has 1 saturated carbocycles. The highest BCUT2D eigenvalue weighted by Gasteiger charge is 2.39. The second kappa shape index (κ2) is 9.52. The van der Waals surface area contributed by atoms with Crippen LogP contribution in [0.2, 0.25) is 5.02 Å². The standard InChI is InChI=1S/C25H32ClN7O/c1-17-14-32(13-12-28-17)25(9-3-2-4-10-25)16-30-23(34)18-15-33(21-8-11-29-24(27)31-21)20-7-5-6-19(26)22(18)20/h5-8,11,15,17,28H,2-4,9-10,12-14,16H2,1H3,(H,30,34)(H2,27,29,31). The van der Waals surface area contributed by atoms with Crippen molar-refractivity contribution < 1.29 is 4.79 Å². The molecule has 2 aromatic heterocycles. The molecule has 3 heterocycles. The van der Waals surface area contributed by atoms with Crippen molar-refractivity contribution in [1.29, 1.82) is 0 Å². The maximum atomic E-state index is 13.6. The molecule has 0 spiro atoms. The first kappa shape index (κ1) is 23.1. The van der Waals surface area contributed by atoms with E-state index in [1.54, 1.807) is 18.5 Å². The number of nitrogens with two attached hydrogens (primary N) is 1. The van der Waals surface area contributed by atoms with Crippen molar-refractivity contribution in [2.45, 2.75) is 50.6 Å². The molecule has 2 fully saturated rings. The number of benzene rings is 1. The third-order valence-electron chi connectivity index (χ3n) is 7.33. The Bertz CT molecular complexity index is 1190. The summed E-state index contributed by atoms with van der Waals surface area (Å²) in [5.41, 5.74) is 7.16. The maximum Gasteiger partial charge on any atom is 0.253 e. The van der Waals surface area contributed by atoms with E-state index in [4.69, 9.17) is 17.3 Å². The Balaban J connectivity index is 1.45. The van der Waals surface area contributed by atoms with Crippen molar-refractivity contribution in [3.8, 4) is 5.82 Å². The SMILES string of the molecule is CC1CN(C2(CNC(=O)c3cn(-c4ccnc(N)n4)c4cccc(Cl)c34)CCCCC2)CCN1. The zero-order chi connectivity index (χ0) is 23.7. The molecule has 5 rings (SSSR count). The van der Waals surface area contributed by atoms with E-state index in [1.807, 2.05) is 22.8 Å². The van der Waals surface area contributed by atoms with Gasteiger partial charge in [-0.1, -0.05) is 36.9 Å². The average molecular weight is 482 g/mol. The molecule has 1 atom stereocenters. The number of halogens is 1. The normalized spacial score (nSPS) is 20.9. The van der Waals surface area contributed by atoms with E-state index in [0.717, 1.165) is 38.0 Å². The van der Waals surface area contributed by atoms with Crippen LogP contribution < -0.4 is 16.4 Å². The molecule has 1 unspecified atom stereocenters. The topological polar surface area (TPSA) is 101 Å². The van der Waals surface area contributed by atoms with Crippen molar-refractivity contribution in [3.63, 3.8) is 0 Å². The minimum atomic E-state index is -0.119. The molecular weight excluding hydrogens is 450 g/mol. The fourth-order valence-electron chi connectivity index (χ4n) is 5.62. The van der Waals surface area contributed by atoms with Crippen LogP contribution in [0.15, 0.2) is 36.7 Å². The fourth-order valence-corrected chi connectivity index (χ4v) is 5.89. The summed E-state index contributed by atoms with van der Waals surface area (Å²) in [5, 5.41) is 8.08. The Hall–Kier alpha value is -2.68. The van der Waals surface area contributed by atoms with E-state index in [-0.39, 0.29) is 17.4 Å². The van der Waals surface area contributed by atoms with Crippen molar-refractivity contribution in [2.75, 3.05) is 31.9 Å². The zero-order valence-corrected chi connectivity index (χ0v) is 20.3. The summed E-state index contributed by atoms with van der Waals surface area (Å²) in [4.78, 5) is 24.5. The maximum absolute atomic E-state index is 13.6. The van der Waals surface area contributed by atoms with Gasteiger partial charge in [-0.25, -0.2) is 4.98 Å². The minimum Gasteiger partial charge on any atom is -0.368 e. The number of carbonyl (C=O) groups is 1. The number of hydrogen-bond acceptors (Lipinski definition) is 6. The van der Waals surface area contributed by atoms with Crippen molar-refractivity contribution in [1.82, 2.24) is 30.1 Å². The number of carbonyl (C=O) groups excluding carboxylic acids is 1. The summed E-state index contributed by atoms with van der Waals surface area (Å²) in [6, 6.07) is 7.84. The van der Waals surface area contributed by atoms with E-state index >= 15 is 0 Å². The Morgan fingerprint density at radius 2 is 2.12 bits per heavy atom. The number of nitrogens with one attached hydrogen (secondary N) is 2. The van der Waals surface area contributed by atoms with Gasteiger partial charge in [0, 0.05) is 55.5 Å². The van der Waals surface area contributed by atoms with Gasteiger partial charge in [-0.3, -0.25) is 9.69 Å². The lowest BCUT2D eigenvalue weighted by atomic mass is 9.79. The summed E-state index contributed by atoms with van der Waals surface area (Å²) >= 11 is 6.59. The van der Waals surface area contributed by atoms with Gasteiger partial charge in [-0.2, -0.15) is 4.98 Å². The van der Waals surface area contributed by atoms with Crippen LogP contribution >= 0.6 is 11.6 Å². The van der Waals surface area contributed by atoms with Gasteiger partial charge in [0.15, 0.2) is 0 Å². The van der Waals surface area contributed by atoms with E-state index in [1.165, 1.54) is 19.3 Å². The number of aromatic nitrogens is 3. The lowest BCUT2D eigenvalue weighted by Gasteiger charge is -2.49. The van der Waals surface area contributed by atoms with Crippen LogP contribution in [0.1, 0.15) is 49.4 Å².